The van der Waals surface area contributed by atoms with Crippen LogP contribution in [0.15, 0.2) is 47.5 Å². The number of hydrogen-bond acceptors (Lipinski definition) is 5. The third kappa shape index (κ3) is 3.58. The summed E-state index contributed by atoms with van der Waals surface area (Å²) in [4.78, 5) is 20.5. The molecule has 2 heterocycles. The number of methoxy groups -OCH3 is 1. The number of nitrogens with zero attached hydrogens (tertiary/aromatic N) is 3. The van der Waals surface area contributed by atoms with E-state index in [1.165, 1.54) is 0 Å². The second kappa shape index (κ2) is 8.43. The first kappa shape index (κ1) is 20.8. The molecule has 1 aromatic heterocycles. The molecule has 1 aliphatic heterocycles. The summed E-state index contributed by atoms with van der Waals surface area (Å²) < 4.78 is 7.05. The SMILES string of the molecule is COc1cccc(Cc2cc3c(=O)n([C@H]4CCCC[C@@H]4O)cnc3c3c2C=CCN3C)c1. The predicted molar refractivity (Wildman–Crippen MR) is 128 cm³/mol. The maximum absolute atomic E-state index is 13.6. The van der Waals surface area contributed by atoms with Gasteiger partial charge in [-0.2, -0.15) is 0 Å². The summed E-state index contributed by atoms with van der Waals surface area (Å²) in [6, 6.07) is 9.83. The molecule has 2 atom stereocenters. The number of aliphatic hydroxyl groups is 1. The lowest BCUT2D eigenvalue weighted by molar-refractivity contribution is 0.0735. The first-order valence-corrected chi connectivity index (χ1v) is 11.3. The molecular weight excluding hydrogens is 402 g/mol. The quantitative estimate of drug-likeness (QED) is 0.678. The Labute approximate surface area is 187 Å². The molecule has 0 spiro atoms. The van der Waals surface area contributed by atoms with Gasteiger partial charge in [0.25, 0.3) is 5.56 Å². The minimum atomic E-state index is -0.500. The fraction of sp³-hybridized carbons (Fsp3) is 0.385. The van der Waals surface area contributed by atoms with E-state index in [0.29, 0.717) is 11.8 Å². The number of fused-ring (bicyclic) bond motifs is 3. The molecule has 1 fully saturated rings. The summed E-state index contributed by atoms with van der Waals surface area (Å²) in [6.07, 6.45) is 9.66. The van der Waals surface area contributed by atoms with Gasteiger partial charge in [0.15, 0.2) is 0 Å². The van der Waals surface area contributed by atoms with Gasteiger partial charge in [0, 0.05) is 19.2 Å². The zero-order valence-electron chi connectivity index (χ0n) is 18.6. The summed E-state index contributed by atoms with van der Waals surface area (Å²) in [7, 11) is 3.71. The van der Waals surface area contributed by atoms with Gasteiger partial charge < -0.3 is 14.7 Å². The lowest BCUT2D eigenvalue weighted by Gasteiger charge is -2.30. The van der Waals surface area contributed by atoms with Gasteiger partial charge >= 0.3 is 0 Å². The van der Waals surface area contributed by atoms with Crippen molar-refractivity contribution in [1.29, 1.82) is 0 Å². The van der Waals surface area contributed by atoms with Crippen LogP contribution in [0.4, 0.5) is 5.69 Å². The zero-order valence-corrected chi connectivity index (χ0v) is 18.6. The average molecular weight is 432 g/mol. The van der Waals surface area contributed by atoms with Crippen LogP contribution in [-0.2, 0) is 6.42 Å². The van der Waals surface area contributed by atoms with Gasteiger partial charge in [-0.3, -0.25) is 9.36 Å². The van der Waals surface area contributed by atoms with E-state index in [-0.39, 0.29) is 11.6 Å². The molecule has 0 bridgehead atoms. The summed E-state index contributed by atoms with van der Waals surface area (Å²) in [5.41, 5.74) is 4.97. The van der Waals surface area contributed by atoms with Crippen molar-refractivity contribution in [1.82, 2.24) is 9.55 Å². The number of aliphatic hydroxyl groups excluding tert-OH is 1. The van der Waals surface area contributed by atoms with Crippen molar-refractivity contribution in [3.8, 4) is 5.75 Å². The van der Waals surface area contributed by atoms with Crippen LogP contribution in [0.2, 0.25) is 0 Å². The monoisotopic (exact) mass is 431 g/mol. The van der Waals surface area contributed by atoms with Gasteiger partial charge in [-0.15, -0.1) is 0 Å². The van der Waals surface area contributed by atoms with E-state index in [9.17, 15) is 9.90 Å². The summed E-state index contributed by atoms with van der Waals surface area (Å²) in [6.45, 7) is 0.775. The van der Waals surface area contributed by atoms with E-state index in [1.54, 1.807) is 18.0 Å². The Morgan fingerprint density at radius 1 is 1.22 bits per heavy atom. The Kier molecular flexibility index (Phi) is 5.47. The molecule has 0 saturated heterocycles. The second-order valence-electron chi connectivity index (χ2n) is 8.88. The Bertz CT molecular complexity index is 1250. The fourth-order valence-corrected chi connectivity index (χ4v) is 5.13. The molecule has 1 saturated carbocycles. The average Bonchev–Trinajstić information content (AvgIpc) is 2.81. The standard InChI is InChI=1S/C26H29N3O3/c1-28-12-6-9-20-18(13-17-7-5-8-19(14-17)32-2)15-21-24(25(20)28)27-16-29(26(21)31)22-10-3-4-11-23(22)30/h5-9,14-16,22-23,30H,3-4,10-13H2,1-2H3/t22-,23-/m0/s1. The van der Waals surface area contributed by atoms with Crippen LogP contribution < -0.4 is 15.2 Å². The topological polar surface area (TPSA) is 67.6 Å². The third-order valence-electron chi connectivity index (χ3n) is 6.80. The molecule has 0 amide bonds. The van der Waals surface area contributed by atoms with Crippen LogP contribution in [0, 0.1) is 0 Å². The molecule has 2 aromatic carbocycles. The number of hydrogen-bond donors (Lipinski definition) is 1. The molecule has 6 heteroatoms. The van der Waals surface area contributed by atoms with Crippen LogP contribution in [0.3, 0.4) is 0 Å². The number of anilines is 1. The Morgan fingerprint density at radius 3 is 2.88 bits per heavy atom. The molecule has 6 nitrogen and oxygen atoms in total. The van der Waals surface area contributed by atoms with Gasteiger partial charge in [0.1, 0.15) is 11.3 Å². The van der Waals surface area contributed by atoms with Crippen LogP contribution in [-0.4, -0.2) is 41.5 Å². The summed E-state index contributed by atoms with van der Waals surface area (Å²) >= 11 is 0. The van der Waals surface area contributed by atoms with Crippen molar-refractivity contribution in [3.05, 3.63) is 69.8 Å². The highest BCUT2D eigenvalue weighted by molar-refractivity contribution is 5.97. The fourth-order valence-electron chi connectivity index (χ4n) is 5.13. The molecule has 32 heavy (non-hydrogen) atoms. The Balaban J connectivity index is 1.68. The largest absolute Gasteiger partial charge is 0.497 e. The molecule has 0 radical (unpaired) electrons. The Hall–Kier alpha value is -3.12. The van der Waals surface area contributed by atoms with E-state index in [0.717, 1.165) is 65.9 Å². The highest BCUT2D eigenvalue weighted by Crippen LogP contribution is 2.36. The molecular formula is C26H29N3O3. The van der Waals surface area contributed by atoms with Crippen molar-refractivity contribution in [2.75, 3.05) is 25.6 Å². The number of benzene rings is 2. The van der Waals surface area contributed by atoms with Crippen molar-refractivity contribution >= 4 is 22.7 Å². The predicted octanol–water partition coefficient (Wildman–Crippen LogP) is 3.93. The highest BCUT2D eigenvalue weighted by Gasteiger charge is 2.27. The first-order valence-electron chi connectivity index (χ1n) is 11.3. The van der Waals surface area contributed by atoms with Crippen LogP contribution in [0.25, 0.3) is 17.0 Å². The van der Waals surface area contributed by atoms with Gasteiger partial charge in [0.2, 0.25) is 0 Å². The normalized spacial score (nSPS) is 20.4. The number of ether oxygens (including phenoxy) is 1. The van der Waals surface area contributed by atoms with E-state index in [4.69, 9.17) is 9.72 Å². The van der Waals surface area contributed by atoms with Crippen LogP contribution in [0.1, 0.15) is 48.4 Å². The van der Waals surface area contributed by atoms with E-state index < -0.39 is 6.10 Å². The number of aromatic nitrogens is 2. The lowest BCUT2D eigenvalue weighted by Crippen LogP contribution is -2.35. The summed E-state index contributed by atoms with van der Waals surface area (Å²) in [5, 5.41) is 11.1. The minimum Gasteiger partial charge on any atom is -0.497 e. The van der Waals surface area contributed by atoms with Crippen molar-refractivity contribution in [2.45, 2.75) is 44.2 Å². The molecule has 1 N–H and O–H groups in total. The van der Waals surface area contributed by atoms with Crippen molar-refractivity contribution < 1.29 is 9.84 Å². The summed E-state index contributed by atoms with van der Waals surface area (Å²) in [5.74, 6) is 0.820. The highest BCUT2D eigenvalue weighted by atomic mass is 16.5. The molecule has 1 aliphatic carbocycles. The van der Waals surface area contributed by atoms with Gasteiger partial charge in [-0.1, -0.05) is 37.1 Å². The van der Waals surface area contributed by atoms with Crippen LogP contribution in [0.5, 0.6) is 5.75 Å². The molecule has 2 aliphatic rings. The van der Waals surface area contributed by atoms with E-state index >= 15 is 0 Å². The molecule has 0 unspecified atom stereocenters. The van der Waals surface area contributed by atoms with E-state index in [2.05, 4.69) is 23.1 Å². The maximum atomic E-state index is 13.6. The van der Waals surface area contributed by atoms with Gasteiger partial charge in [-0.25, -0.2) is 4.98 Å². The molecule has 3 aromatic rings. The van der Waals surface area contributed by atoms with Gasteiger partial charge in [0.05, 0.1) is 36.7 Å². The van der Waals surface area contributed by atoms with Crippen LogP contribution >= 0.6 is 0 Å². The zero-order chi connectivity index (χ0) is 22.2. The molecule has 5 rings (SSSR count). The number of rotatable bonds is 4. The lowest BCUT2D eigenvalue weighted by atomic mass is 9.91. The minimum absolute atomic E-state index is 0.0707. The first-order chi connectivity index (χ1) is 15.6. The Morgan fingerprint density at radius 2 is 2.06 bits per heavy atom. The maximum Gasteiger partial charge on any atom is 0.261 e. The van der Waals surface area contributed by atoms with E-state index in [1.807, 2.05) is 31.3 Å². The number of likely N-dealkylation sites (N-methyl/N-ethyl adjacent to an activating group) is 1. The third-order valence-corrected chi connectivity index (χ3v) is 6.80. The second-order valence-corrected chi connectivity index (χ2v) is 8.88. The smallest absolute Gasteiger partial charge is 0.261 e. The van der Waals surface area contributed by atoms with Crippen molar-refractivity contribution in [2.24, 2.45) is 0 Å². The van der Waals surface area contributed by atoms with Crippen molar-refractivity contribution in [3.63, 3.8) is 0 Å². The van der Waals surface area contributed by atoms with Gasteiger partial charge in [-0.05, 0) is 48.6 Å². The molecule has 166 valence electrons.